The van der Waals surface area contributed by atoms with Crippen LogP contribution in [0.5, 0.6) is 0 Å². The van der Waals surface area contributed by atoms with Gasteiger partial charge in [0.1, 0.15) is 6.26 Å². The minimum atomic E-state index is -1.04. The quantitative estimate of drug-likeness (QED) is 0.790. The fraction of sp³-hybridized carbons (Fsp3) is 0.444. The molecule has 1 aromatic rings. The molecule has 0 saturated heterocycles. The van der Waals surface area contributed by atoms with Crippen LogP contribution in [0.1, 0.15) is 20.3 Å². The molecule has 0 fully saturated rings. The number of primary amides is 1. The summed E-state index contributed by atoms with van der Waals surface area (Å²) in [7, 11) is 0. The van der Waals surface area contributed by atoms with E-state index in [1.165, 1.54) is 12.5 Å². The molecule has 3 N–H and O–H groups in total. The third kappa shape index (κ3) is 2.50. The third-order valence-electron chi connectivity index (χ3n) is 2.02. The van der Waals surface area contributed by atoms with Gasteiger partial charge in [0.2, 0.25) is 0 Å². The van der Waals surface area contributed by atoms with Gasteiger partial charge in [-0.25, -0.2) is 14.7 Å². The molecule has 0 atom stereocenters. The number of urea groups is 1. The highest BCUT2D eigenvalue weighted by Gasteiger charge is 2.35. The monoisotopic (exact) mass is 227 g/mol. The van der Waals surface area contributed by atoms with E-state index in [4.69, 9.17) is 15.3 Å². The van der Waals surface area contributed by atoms with E-state index >= 15 is 0 Å². The Morgan fingerprint density at radius 3 is 2.62 bits per heavy atom. The largest absolute Gasteiger partial charge is 0.481 e. The summed E-state index contributed by atoms with van der Waals surface area (Å²) in [5.74, 6) is -1.04. The predicted octanol–water partition coefficient (Wildman–Crippen LogP) is 0.813. The van der Waals surface area contributed by atoms with E-state index in [0.29, 0.717) is 0 Å². The molecule has 88 valence electrons. The first kappa shape index (κ1) is 12.0. The number of anilines is 1. The maximum Gasteiger partial charge on any atom is 0.323 e. The summed E-state index contributed by atoms with van der Waals surface area (Å²) in [6.07, 6.45) is 2.36. The number of nitrogens with zero attached hydrogens (tertiary/aromatic N) is 2. The highest BCUT2D eigenvalue weighted by atomic mass is 16.4. The van der Waals surface area contributed by atoms with Crippen molar-refractivity contribution in [3.05, 3.63) is 12.5 Å². The zero-order valence-corrected chi connectivity index (χ0v) is 9.01. The second-order valence-corrected chi connectivity index (χ2v) is 3.87. The van der Waals surface area contributed by atoms with Crippen LogP contribution in [0, 0.1) is 0 Å². The van der Waals surface area contributed by atoms with Crippen molar-refractivity contribution in [1.82, 2.24) is 4.98 Å². The average molecular weight is 227 g/mol. The molecule has 0 saturated carbocycles. The third-order valence-corrected chi connectivity index (χ3v) is 2.02. The second-order valence-electron chi connectivity index (χ2n) is 3.87. The zero-order chi connectivity index (χ0) is 12.3. The van der Waals surface area contributed by atoms with Crippen molar-refractivity contribution in [3.63, 3.8) is 0 Å². The van der Waals surface area contributed by atoms with E-state index in [-0.39, 0.29) is 12.4 Å². The molecule has 7 nitrogen and oxygen atoms in total. The summed E-state index contributed by atoms with van der Waals surface area (Å²) in [6.45, 7) is 3.13. The Kier molecular flexibility index (Phi) is 3.17. The molecule has 1 heterocycles. The van der Waals surface area contributed by atoms with Crippen molar-refractivity contribution in [2.45, 2.75) is 25.8 Å². The number of hydrogen-bond donors (Lipinski definition) is 2. The van der Waals surface area contributed by atoms with E-state index in [2.05, 4.69) is 4.98 Å². The van der Waals surface area contributed by atoms with Crippen LogP contribution >= 0.6 is 0 Å². The number of nitrogens with two attached hydrogens (primary N) is 1. The van der Waals surface area contributed by atoms with Crippen LogP contribution in [0.25, 0.3) is 0 Å². The molecular formula is C9H13N3O4. The van der Waals surface area contributed by atoms with Crippen LogP contribution in [0.3, 0.4) is 0 Å². The first-order valence-corrected chi connectivity index (χ1v) is 4.55. The summed E-state index contributed by atoms with van der Waals surface area (Å²) in [4.78, 5) is 26.8. The summed E-state index contributed by atoms with van der Waals surface area (Å²) >= 11 is 0. The number of rotatable bonds is 4. The Labute approximate surface area is 91.9 Å². The van der Waals surface area contributed by atoms with Crippen LogP contribution in [-0.2, 0) is 4.79 Å². The number of amides is 2. The molecule has 1 aromatic heterocycles. The number of carboxylic acids is 1. The highest BCUT2D eigenvalue weighted by Crippen LogP contribution is 2.24. The molecule has 0 radical (unpaired) electrons. The zero-order valence-electron chi connectivity index (χ0n) is 9.01. The van der Waals surface area contributed by atoms with E-state index in [0.717, 1.165) is 4.90 Å². The molecule has 0 aliphatic carbocycles. The number of oxazole rings is 1. The molecule has 0 unspecified atom stereocenters. The Hall–Kier alpha value is -2.05. The standard InChI is InChI=1S/C9H13N3O4/c1-9(2,5-6(13)14)12(7(10)15)8-11-3-4-16-8/h3-4H,5H2,1-2H3,(H2,10,15)(H,13,14). The summed E-state index contributed by atoms with van der Waals surface area (Å²) in [5.41, 5.74) is 4.17. The lowest BCUT2D eigenvalue weighted by Gasteiger charge is -2.32. The smallest absolute Gasteiger partial charge is 0.323 e. The van der Waals surface area contributed by atoms with E-state index in [9.17, 15) is 9.59 Å². The molecule has 1 rings (SSSR count). The van der Waals surface area contributed by atoms with Gasteiger partial charge in [-0.3, -0.25) is 4.79 Å². The van der Waals surface area contributed by atoms with E-state index in [1.54, 1.807) is 13.8 Å². The molecular weight excluding hydrogens is 214 g/mol. The molecule has 0 aliphatic rings. The second kappa shape index (κ2) is 4.21. The Balaban J connectivity index is 3.03. The fourth-order valence-electron chi connectivity index (χ4n) is 1.43. The van der Waals surface area contributed by atoms with E-state index in [1.807, 2.05) is 0 Å². The first-order valence-electron chi connectivity index (χ1n) is 4.55. The molecule has 16 heavy (non-hydrogen) atoms. The number of carboxylic acid groups (broad SMARTS) is 1. The lowest BCUT2D eigenvalue weighted by molar-refractivity contribution is -0.138. The van der Waals surface area contributed by atoms with Gasteiger partial charge in [-0.05, 0) is 13.8 Å². The number of carbonyl (C=O) groups is 2. The van der Waals surface area contributed by atoms with Gasteiger partial charge < -0.3 is 15.3 Å². The van der Waals surface area contributed by atoms with Crippen molar-refractivity contribution in [1.29, 1.82) is 0 Å². The normalized spacial score (nSPS) is 11.1. The van der Waals surface area contributed by atoms with Gasteiger partial charge in [-0.2, -0.15) is 0 Å². The topological polar surface area (TPSA) is 110 Å². The van der Waals surface area contributed by atoms with Gasteiger partial charge in [0.15, 0.2) is 0 Å². The Bertz CT molecular complexity index is 385. The maximum absolute atomic E-state index is 11.3. The van der Waals surface area contributed by atoms with Crippen LogP contribution < -0.4 is 10.6 Å². The average Bonchev–Trinajstić information content (AvgIpc) is 2.52. The van der Waals surface area contributed by atoms with Crippen molar-refractivity contribution in [3.8, 4) is 0 Å². The molecule has 0 aromatic carbocycles. The Morgan fingerprint density at radius 1 is 1.62 bits per heavy atom. The van der Waals surface area contributed by atoms with Crippen LogP contribution in [0.15, 0.2) is 16.9 Å². The van der Waals surface area contributed by atoms with Crippen molar-refractivity contribution in [2.75, 3.05) is 4.90 Å². The van der Waals surface area contributed by atoms with Crippen molar-refractivity contribution < 1.29 is 19.1 Å². The maximum atomic E-state index is 11.3. The summed E-state index contributed by atoms with van der Waals surface area (Å²) < 4.78 is 4.95. The van der Waals surface area contributed by atoms with E-state index < -0.39 is 17.5 Å². The molecule has 0 spiro atoms. The first-order chi connectivity index (χ1) is 7.34. The van der Waals surface area contributed by atoms with Gasteiger partial charge >= 0.3 is 18.0 Å². The lowest BCUT2D eigenvalue weighted by Crippen LogP contribution is -2.52. The lowest BCUT2D eigenvalue weighted by atomic mass is 9.99. The minimum absolute atomic E-state index is 0.0150. The van der Waals surface area contributed by atoms with Gasteiger partial charge in [0.25, 0.3) is 0 Å². The fourth-order valence-corrected chi connectivity index (χ4v) is 1.43. The minimum Gasteiger partial charge on any atom is -0.481 e. The van der Waals surface area contributed by atoms with Crippen LogP contribution in [0.4, 0.5) is 10.8 Å². The highest BCUT2D eigenvalue weighted by molar-refractivity contribution is 5.90. The number of carbonyl (C=O) groups excluding carboxylic acids is 1. The number of hydrogen-bond acceptors (Lipinski definition) is 4. The molecule has 0 aliphatic heterocycles. The molecule has 2 amide bonds. The number of aromatic nitrogens is 1. The Morgan fingerprint density at radius 2 is 2.25 bits per heavy atom. The van der Waals surface area contributed by atoms with Gasteiger partial charge in [0, 0.05) is 0 Å². The predicted molar refractivity (Wildman–Crippen MR) is 54.9 cm³/mol. The molecule has 7 heteroatoms. The van der Waals surface area contributed by atoms with Gasteiger partial charge in [-0.1, -0.05) is 0 Å². The summed E-state index contributed by atoms with van der Waals surface area (Å²) in [5, 5.41) is 8.75. The summed E-state index contributed by atoms with van der Waals surface area (Å²) in [6, 6.07) is -0.826. The SMILES string of the molecule is CC(C)(CC(=O)O)N(C(N)=O)c1ncco1. The van der Waals surface area contributed by atoms with Crippen molar-refractivity contribution >= 4 is 18.0 Å². The van der Waals surface area contributed by atoms with Crippen LogP contribution in [-0.4, -0.2) is 27.6 Å². The van der Waals surface area contributed by atoms with Crippen molar-refractivity contribution in [2.24, 2.45) is 5.73 Å². The van der Waals surface area contributed by atoms with Gasteiger partial charge in [0.05, 0.1) is 18.2 Å². The van der Waals surface area contributed by atoms with Crippen LogP contribution in [0.2, 0.25) is 0 Å². The number of aliphatic carboxylic acids is 1. The van der Waals surface area contributed by atoms with Gasteiger partial charge in [-0.15, -0.1) is 0 Å². The molecule has 0 bridgehead atoms.